The molecule has 0 amide bonds. The highest BCUT2D eigenvalue weighted by Gasteiger charge is 2.34. The van der Waals surface area contributed by atoms with Crippen molar-refractivity contribution in [3.63, 3.8) is 0 Å². The van der Waals surface area contributed by atoms with Crippen molar-refractivity contribution >= 4 is 28.8 Å². The summed E-state index contributed by atoms with van der Waals surface area (Å²) in [4.78, 5) is 9.76. The predicted molar refractivity (Wildman–Crippen MR) is 129 cm³/mol. The molecule has 10 heteroatoms. The van der Waals surface area contributed by atoms with E-state index in [2.05, 4.69) is 20.6 Å². The smallest absolute Gasteiger partial charge is 0.433 e. The summed E-state index contributed by atoms with van der Waals surface area (Å²) in [5.74, 6) is 0.808. The SMILES string of the molecule is Cc1ccc(Oc2cc(N3CCC(NC(=S)Nc4cccnc4)CC3)nc(C(F)(F)F)c2)cc1. The van der Waals surface area contributed by atoms with Crippen LogP contribution in [0.4, 0.5) is 24.7 Å². The van der Waals surface area contributed by atoms with Crippen molar-refractivity contribution in [1.29, 1.82) is 0 Å². The lowest BCUT2D eigenvalue weighted by Crippen LogP contribution is -2.46. The van der Waals surface area contributed by atoms with Gasteiger partial charge in [0, 0.05) is 37.5 Å². The molecule has 0 atom stereocenters. The zero-order chi connectivity index (χ0) is 24.1. The quantitative estimate of drug-likeness (QED) is 0.458. The summed E-state index contributed by atoms with van der Waals surface area (Å²) in [6.45, 7) is 2.99. The highest BCUT2D eigenvalue weighted by atomic mass is 32.1. The number of ether oxygens (including phenoxy) is 1. The fourth-order valence-electron chi connectivity index (χ4n) is 3.64. The third-order valence-corrected chi connectivity index (χ3v) is 5.63. The molecule has 1 aromatic carbocycles. The monoisotopic (exact) mass is 487 g/mol. The summed E-state index contributed by atoms with van der Waals surface area (Å²) >= 11 is 5.37. The van der Waals surface area contributed by atoms with Crippen molar-refractivity contribution in [2.24, 2.45) is 0 Å². The molecule has 0 aliphatic carbocycles. The molecular formula is C24H24F3N5OS. The number of benzene rings is 1. The van der Waals surface area contributed by atoms with Crippen molar-refractivity contribution in [1.82, 2.24) is 15.3 Å². The van der Waals surface area contributed by atoms with E-state index in [-0.39, 0.29) is 17.6 Å². The third-order valence-electron chi connectivity index (χ3n) is 5.41. The summed E-state index contributed by atoms with van der Waals surface area (Å²) in [6.07, 6.45) is 0.163. The number of aryl methyl sites for hydroxylation is 1. The third kappa shape index (κ3) is 6.34. The zero-order valence-electron chi connectivity index (χ0n) is 18.5. The Morgan fingerprint density at radius 3 is 2.47 bits per heavy atom. The number of aromatic nitrogens is 2. The highest BCUT2D eigenvalue weighted by Crippen LogP contribution is 2.35. The molecule has 1 saturated heterocycles. The fourth-order valence-corrected chi connectivity index (χ4v) is 3.93. The molecule has 3 aromatic rings. The van der Waals surface area contributed by atoms with E-state index < -0.39 is 11.9 Å². The normalized spacial score (nSPS) is 14.5. The van der Waals surface area contributed by atoms with Gasteiger partial charge in [0.05, 0.1) is 11.9 Å². The molecule has 0 saturated carbocycles. The van der Waals surface area contributed by atoms with Crippen LogP contribution in [0.3, 0.4) is 0 Å². The van der Waals surface area contributed by atoms with Crippen LogP contribution in [-0.4, -0.2) is 34.2 Å². The molecule has 2 N–H and O–H groups in total. The minimum atomic E-state index is -4.58. The van der Waals surface area contributed by atoms with Gasteiger partial charge in [-0.2, -0.15) is 13.2 Å². The Morgan fingerprint density at radius 1 is 1.09 bits per heavy atom. The number of hydrogen-bond acceptors (Lipinski definition) is 5. The molecule has 1 fully saturated rings. The first kappa shape index (κ1) is 23.7. The maximum Gasteiger partial charge on any atom is 0.433 e. The molecule has 0 spiro atoms. The summed E-state index contributed by atoms with van der Waals surface area (Å²) in [7, 11) is 0. The van der Waals surface area contributed by atoms with Crippen molar-refractivity contribution < 1.29 is 17.9 Å². The fraction of sp³-hybridized carbons (Fsp3) is 0.292. The Balaban J connectivity index is 1.42. The van der Waals surface area contributed by atoms with E-state index in [0.717, 1.165) is 17.3 Å². The average molecular weight is 488 g/mol. The van der Waals surface area contributed by atoms with Gasteiger partial charge in [0.2, 0.25) is 0 Å². The van der Waals surface area contributed by atoms with Gasteiger partial charge in [-0.1, -0.05) is 17.7 Å². The molecule has 2 aromatic heterocycles. The van der Waals surface area contributed by atoms with Gasteiger partial charge in [-0.05, 0) is 56.2 Å². The van der Waals surface area contributed by atoms with Crippen LogP contribution in [0.1, 0.15) is 24.1 Å². The second-order valence-electron chi connectivity index (χ2n) is 8.06. The first-order valence-electron chi connectivity index (χ1n) is 10.8. The number of anilines is 2. The van der Waals surface area contributed by atoms with Gasteiger partial charge in [-0.15, -0.1) is 0 Å². The van der Waals surface area contributed by atoms with E-state index >= 15 is 0 Å². The summed E-state index contributed by atoms with van der Waals surface area (Å²) in [5.41, 5.74) is 0.839. The Kier molecular flexibility index (Phi) is 7.16. The second-order valence-corrected chi connectivity index (χ2v) is 8.47. The molecule has 34 heavy (non-hydrogen) atoms. The summed E-state index contributed by atoms with van der Waals surface area (Å²) < 4.78 is 46.3. The van der Waals surface area contributed by atoms with Gasteiger partial charge in [0.15, 0.2) is 10.8 Å². The molecule has 0 bridgehead atoms. The van der Waals surface area contributed by atoms with Crippen molar-refractivity contribution in [3.8, 4) is 11.5 Å². The van der Waals surface area contributed by atoms with E-state index in [1.807, 2.05) is 36.1 Å². The predicted octanol–water partition coefficient (Wildman–Crippen LogP) is 5.55. The molecule has 4 rings (SSSR count). The minimum absolute atomic E-state index is 0.0991. The lowest BCUT2D eigenvalue weighted by atomic mass is 10.1. The number of nitrogens with zero attached hydrogens (tertiary/aromatic N) is 3. The van der Waals surface area contributed by atoms with Crippen LogP contribution in [0.25, 0.3) is 0 Å². The van der Waals surface area contributed by atoms with Crippen LogP contribution in [0.2, 0.25) is 0 Å². The second kappa shape index (κ2) is 10.3. The number of pyridine rings is 2. The largest absolute Gasteiger partial charge is 0.457 e. The number of alkyl halides is 3. The van der Waals surface area contributed by atoms with E-state index in [1.54, 1.807) is 30.6 Å². The van der Waals surface area contributed by atoms with E-state index in [1.165, 1.54) is 0 Å². The average Bonchev–Trinajstić information content (AvgIpc) is 2.81. The molecule has 1 aliphatic heterocycles. The topological polar surface area (TPSA) is 62.3 Å². The van der Waals surface area contributed by atoms with Crippen LogP contribution >= 0.6 is 12.2 Å². The number of thiocarbonyl (C=S) groups is 1. The van der Waals surface area contributed by atoms with Crippen LogP contribution in [0, 0.1) is 6.92 Å². The number of piperidine rings is 1. The first-order chi connectivity index (χ1) is 16.3. The molecule has 6 nitrogen and oxygen atoms in total. The van der Waals surface area contributed by atoms with Gasteiger partial charge in [-0.25, -0.2) is 4.98 Å². The first-order valence-corrected chi connectivity index (χ1v) is 11.2. The van der Waals surface area contributed by atoms with E-state index in [9.17, 15) is 13.2 Å². The highest BCUT2D eigenvalue weighted by molar-refractivity contribution is 7.80. The Hall–Kier alpha value is -3.40. The van der Waals surface area contributed by atoms with Crippen molar-refractivity contribution in [2.75, 3.05) is 23.3 Å². The lowest BCUT2D eigenvalue weighted by Gasteiger charge is -2.34. The van der Waals surface area contributed by atoms with E-state index in [0.29, 0.717) is 36.8 Å². The van der Waals surface area contributed by atoms with Crippen molar-refractivity contribution in [2.45, 2.75) is 32.0 Å². The Labute approximate surface area is 201 Å². The number of rotatable bonds is 5. The number of nitrogens with one attached hydrogen (secondary N) is 2. The molecule has 1 aliphatic rings. The molecule has 0 unspecified atom stereocenters. The molecule has 178 valence electrons. The molecule has 0 radical (unpaired) electrons. The van der Waals surface area contributed by atoms with Crippen LogP contribution in [-0.2, 0) is 6.18 Å². The van der Waals surface area contributed by atoms with Gasteiger partial charge < -0.3 is 20.3 Å². The van der Waals surface area contributed by atoms with Gasteiger partial charge in [0.25, 0.3) is 0 Å². The Morgan fingerprint density at radius 2 is 1.82 bits per heavy atom. The van der Waals surface area contributed by atoms with Crippen LogP contribution in [0.15, 0.2) is 60.9 Å². The van der Waals surface area contributed by atoms with Gasteiger partial charge in [-0.3, -0.25) is 4.98 Å². The maximum atomic E-state index is 13.5. The van der Waals surface area contributed by atoms with Crippen LogP contribution in [0.5, 0.6) is 11.5 Å². The molecule has 3 heterocycles. The Bertz CT molecular complexity index is 1120. The minimum Gasteiger partial charge on any atom is -0.457 e. The number of halogens is 3. The maximum absolute atomic E-state index is 13.5. The lowest BCUT2D eigenvalue weighted by molar-refractivity contribution is -0.141. The molecular weight excluding hydrogens is 463 g/mol. The van der Waals surface area contributed by atoms with Gasteiger partial charge in [0.1, 0.15) is 17.3 Å². The standard InChI is InChI=1S/C24H24F3N5OS/c1-16-4-6-19(7-5-16)33-20-13-21(24(25,26)27)31-22(14-20)32-11-8-17(9-12-32)29-23(34)30-18-3-2-10-28-15-18/h2-7,10,13-15,17H,8-9,11-12H2,1H3,(H2,29,30,34). The van der Waals surface area contributed by atoms with Gasteiger partial charge >= 0.3 is 6.18 Å². The summed E-state index contributed by atoms with van der Waals surface area (Å²) in [5, 5.41) is 6.83. The van der Waals surface area contributed by atoms with E-state index in [4.69, 9.17) is 17.0 Å². The van der Waals surface area contributed by atoms with Crippen LogP contribution < -0.4 is 20.3 Å². The number of hydrogen-bond donors (Lipinski definition) is 2. The van der Waals surface area contributed by atoms with Crippen molar-refractivity contribution in [3.05, 3.63) is 72.2 Å². The zero-order valence-corrected chi connectivity index (χ0v) is 19.3. The summed E-state index contributed by atoms with van der Waals surface area (Å²) in [6, 6.07) is 13.4.